The molecule has 6 nitrogen and oxygen atoms in total. The molecule has 1 spiro atoms. The maximum atomic E-state index is 14.0. The van der Waals surface area contributed by atoms with E-state index in [9.17, 15) is 23.2 Å². The zero-order valence-corrected chi connectivity index (χ0v) is 18.6. The molecule has 9 heteroatoms. The number of nitrogens with zero attached hydrogens (tertiary/aromatic N) is 2. The lowest BCUT2D eigenvalue weighted by Crippen LogP contribution is -2.51. The fourth-order valence-corrected chi connectivity index (χ4v) is 5.69. The highest BCUT2D eigenvalue weighted by atomic mass is 32.2. The number of anilines is 2. The summed E-state index contributed by atoms with van der Waals surface area (Å²) < 4.78 is 27.6. The van der Waals surface area contributed by atoms with E-state index in [1.807, 2.05) is 30.3 Å². The van der Waals surface area contributed by atoms with E-state index in [1.165, 1.54) is 15.9 Å². The van der Waals surface area contributed by atoms with Crippen molar-refractivity contribution in [3.8, 4) is 0 Å². The average molecular weight is 480 g/mol. The zero-order valence-electron chi connectivity index (χ0n) is 17.8. The van der Waals surface area contributed by atoms with Crippen LogP contribution in [0.2, 0.25) is 0 Å². The SMILES string of the molecule is O=C(CN1C(=O)[C@]2(SCC(=O)N2c2ccc(F)c(F)c2)c2ccccc21)NCc1ccccc1. The second-order valence-electron chi connectivity index (χ2n) is 7.93. The third-order valence-corrected chi connectivity index (χ3v) is 7.25. The molecule has 0 unspecified atom stereocenters. The lowest BCUT2D eigenvalue weighted by molar-refractivity contribution is -0.125. The summed E-state index contributed by atoms with van der Waals surface area (Å²) in [7, 11) is 0. The van der Waals surface area contributed by atoms with Crippen LogP contribution in [0, 0.1) is 11.6 Å². The van der Waals surface area contributed by atoms with Crippen molar-refractivity contribution in [2.75, 3.05) is 22.1 Å². The van der Waals surface area contributed by atoms with Crippen molar-refractivity contribution < 1.29 is 23.2 Å². The second-order valence-corrected chi connectivity index (χ2v) is 9.10. The van der Waals surface area contributed by atoms with Gasteiger partial charge in [-0.3, -0.25) is 24.2 Å². The number of hydrogen-bond acceptors (Lipinski definition) is 4. The van der Waals surface area contributed by atoms with Crippen LogP contribution in [0.4, 0.5) is 20.2 Å². The summed E-state index contributed by atoms with van der Waals surface area (Å²) in [5.74, 6) is -3.44. The van der Waals surface area contributed by atoms with Crippen molar-refractivity contribution in [1.82, 2.24) is 5.32 Å². The molecule has 0 aliphatic carbocycles. The average Bonchev–Trinajstić information content (AvgIpc) is 3.31. The lowest BCUT2D eigenvalue weighted by atomic mass is 10.0. The van der Waals surface area contributed by atoms with Gasteiger partial charge in [-0.2, -0.15) is 0 Å². The van der Waals surface area contributed by atoms with Crippen LogP contribution < -0.4 is 15.1 Å². The van der Waals surface area contributed by atoms with Gasteiger partial charge in [0.25, 0.3) is 5.91 Å². The number of carbonyl (C=O) groups is 3. The van der Waals surface area contributed by atoms with Gasteiger partial charge in [-0.25, -0.2) is 8.78 Å². The van der Waals surface area contributed by atoms with Crippen LogP contribution in [-0.4, -0.2) is 30.0 Å². The highest BCUT2D eigenvalue weighted by Crippen LogP contribution is 2.55. The molecule has 1 saturated heterocycles. The number of para-hydroxylation sites is 1. The largest absolute Gasteiger partial charge is 0.350 e. The van der Waals surface area contributed by atoms with E-state index in [0.29, 0.717) is 17.8 Å². The number of carbonyl (C=O) groups excluding carboxylic acids is 3. The lowest BCUT2D eigenvalue weighted by Gasteiger charge is -2.33. The topological polar surface area (TPSA) is 69.7 Å². The van der Waals surface area contributed by atoms with Crippen LogP contribution in [0.15, 0.2) is 72.8 Å². The third kappa shape index (κ3) is 3.52. The van der Waals surface area contributed by atoms with Crippen molar-refractivity contribution >= 4 is 40.9 Å². The molecule has 2 aliphatic heterocycles. The van der Waals surface area contributed by atoms with Gasteiger partial charge in [-0.05, 0) is 23.8 Å². The number of nitrogens with one attached hydrogen (secondary N) is 1. The Bertz CT molecular complexity index is 1300. The van der Waals surface area contributed by atoms with E-state index < -0.39 is 28.3 Å². The minimum Gasteiger partial charge on any atom is -0.350 e. The Morgan fingerprint density at radius 3 is 2.47 bits per heavy atom. The van der Waals surface area contributed by atoms with Gasteiger partial charge in [-0.15, -0.1) is 11.8 Å². The predicted molar refractivity (Wildman–Crippen MR) is 125 cm³/mol. The number of thioether (sulfide) groups is 1. The van der Waals surface area contributed by atoms with Crippen molar-refractivity contribution in [3.63, 3.8) is 0 Å². The molecule has 34 heavy (non-hydrogen) atoms. The predicted octanol–water partition coefficient (Wildman–Crippen LogP) is 3.56. The first-order valence-electron chi connectivity index (χ1n) is 10.6. The Morgan fingerprint density at radius 1 is 0.971 bits per heavy atom. The van der Waals surface area contributed by atoms with Crippen molar-refractivity contribution in [3.05, 3.63) is 95.6 Å². The van der Waals surface area contributed by atoms with Gasteiger partial charge in [-0.1, -0.05) is 48.5 Å². The molecule has 1 atom stereocenters. The summed E-state index contributed by atoms with van der Waals surface area (Å²) in [6.45, 7) is 0.0630. The monoisotopic (exact) mass is 479 g/mol. The van der Waals surface area contributed by atoms with Crippen molar-refractivity contribution in [2.24, 2.45) is 0 Å². The van der Waals surface area contributed by atoms with Gasteiger partial charge in [0, 0.05) is 23.9 Å². The third-order valence-electron chi connectivity index (χ3n) is 5.86. The Balaban J connectivity index is 1.48. The van der Waals surface area contributed by atoms with Gasteiger partial charge in [0.15, 0.2) is 11.6 Å². The molecule has 2 heterocycles. The number of amides is 3. The summed E-state index contributed by atoms with van der Waals surface area (Å²) in [5.41, 5.74) is 2.02. The standard InChI is InChI=1S/C25H19F2N3O3S/c26-19-11-10-17(12-20(19)27)30-23(32)15-34-25(30)18-8-4-5-9-21(18)29(24(25)33)14-22(31)28-13-16-6-2-1-3-7-16/h1-12H,13-15H2,(H,28,31)/t25-/m1/s1. The molecular formula is C25H19F2N3O3S. The van der Waals surface area contributed by atoms with E-state index >= 15 is 0 Å². The molecule has 2 aliphatic rings. The molecule has 5 rings (SSSR count). The second kappa shape index (κ2) is 8.57. The first-order valence-corrected chi connectivity index (χ1v) is 11.5. The first-order chi connectivity index (χ1) is 16.4. The minimum absolute atomic E-state index is 0.0207. The summed E-state index contributed by atoms with van der Waals surface area (Å²) >= 11 is 1.10. The van der Waals surface area contributed by atoms with Crippen LogP contribution >= 0.6 is 11.8 Å². The summed E-state index contributed by atoms with van der Waals surface area (Å²) in [6.07, 6.45) is 0. The number of halogens is 2. The first kappa shape index (κ1) is 22.1. The molecule has 0 saturated carbocycles. The number of rotatable bonds is 5. The smallest absolute Gasteiger partial charge is 0.269 e. The molecule has 172 valence electrons. The van der Waals surface area contributed by atoms with E-state index in [0.717, 1.165) is 29.5 Å². The van der Waals surface area contributed by atoms with Gasteiger partial charge in [0.05, 0.1) is 11.4 Å². The quantitative estimate of drug-likeness (QED) is 0.608. The van der Waals surface area contributed by atoms with E-state index in [2.05, 4.69) is 5.32 Å². The summed E-state index contributed by atoms with van der Waals surface area (Å²) in [4.78, 5) is 40.6. The molecule has 0 radical (unpaired) electrons. The highest BCUT2D eigenvalue weighted by Gasteiger charge is 2.61. The van der Waals surface area contributed by atoms with Gasteiger partial charge < -0.3 is 5.32 Å². The van der Waals surface area contributed by atoms with E-state index in [4.69, 9.17) is 0 Å². The molecule has 3 amide bonds. The molecule has 3 aromatic rings. The Kier molecular flexibility index (Phi) is 5.57. The molecule has 0 aromatic heterocycles. The van der Waals surface area contributed by atoms with E-state index in [1.54, 1.807) is 24.3 Å². The molecule has 0 bridgehead atoms. The van der Waals surface area contributed by atoms with Gasteiger partial charge >= 0.3 is 0 Å². The zero-order chi connectivity index (χ0) is 23.9. The molecular weight excluding hydrogens is 460 g/mol. The fourth-order valence-electron chi connectivity index (χ4n) is 4.33. The summed E-state index contributed by atoms with van der Waals surface area (Å²) in [6, 6.07) is 19.4. The van der Waals surface area contributed by atoms with Crippen LogP contribution in [0.1, 0.15) is 11.1 Å². The van der Waals surface area contributed by atoms with Crippen molar-refractivity contribution in [1.29, 1.82) is 0 Å². The van der Waals surface area contributed by atoms with Crippen LogP contribution in [0.5, 0.6) is 0 Å². The van der Waals surface area contributed by atoms with Crippen LogP contribution in [0.3, 0.4) is 0 Å². The fraction of sp³-hybridized carbons (Fsp3) is 0.160. The molecule has 1 N–H and O–H groups in total. The Morgan fingerprint density at radius 2 is 1.71 bits per heavy atom. The van der Waals surface area contributed by atoms with Gasteiger partial charge in [0.2, 0.25) is 16.7 Å². The number of fused-ring (bicyclic) bond motifs is 2. The maximum Gasteiger partial charge on any atom is 0.269 e. The number of benzene rings is 3. The normalized spacial score (nSPS) is 19.1. The van der Waals surface area contributed by atoms with Gasteiger partial charge in [0.1, 0.15) is 6.54 Å². The molecule has 1 fully saturated rings. The molecule has 3 aromatic carbocycles. The maximum absolute atomic E-state index is 14.0. The van der Waals surface area contributed by atoms with Crippen LogP contribution in [0.25, 0.3) is 0 Å². The Labute approximate surface area is 198 Å². The van der Waals surface area contributed by atoms with Crippen molar-refractivity contribution in [2.45, 2.75) is 11.4 Å². The summed E-state index contributed by atoms with van der Waals surface area (Å²) in [5, 5.41) is 2.81. The van der Waals surface area contributed by atoms with Crippen LogP contribution in [-0.2, 0) is 25.8 Å². The number of hydrogen-bond donors (Lipinski definition) is 1. The van der Waals surface area contributed by atoms with E-state index in [-0.39, 0.29) is 23.9 Å². The highest BCUT2D eigenvalue weighted by molar-refractivity contribution is 8.02. The Hall–Kier alpha value is -3.72. The minimum atomic E-state index is -1.50.